The third kappa shape index (κ3) is 7.76. The highest BCUT2D eigenvalue weighted by atomic mass is 31.2. The number of rotatable bonds is 10. The zero-order valence-electron chi connectivity index (χ0n) is 11.4. The van der Waals surface area contributed by atoms with Crippen molar-refractivity contribution in [3.8, 4) is 0 Å². The summed E-state index contributed by atoms with van der Waals surface area (Å²) in [5, 5.41) is 19.2. The van der Waals surface area contributed by atoms with Crippen LogP contribution in [0.25, 0.3) is 0 Å². The Morgan fingerprint density at radius 3 is 2.33 bits per heavy atom. The Labute approximate surface area is 120 Å². The molecule has 6 N–H and O–H groups in total. The number of hydrogen-bond donors (Lipinski definition) is 5. The molecule has 0 aromatic carbocycles. The summed E-state index contributed by atoms with van der Waals surface area (Å²) in [4.78, 5) is 41.9. The van der Waals surface area contributed by atoms with E-state index in [0.29, 0.717) is 0 Å². The SMILES string of the molecule is CCC(NC(=O)CC[C@H](N)C(=O)O)P(=O)(O)OCC(=O)O. The maximum absolute atomic E-state index is 11.8. The number of carboxylic acids is 2. The van der Waals surface area contributed by atoms with E-state index in [2.05, 4.69) is 9.84 Å². The summed E-state index contributed by atoms with van der Waals surface area (Å²) in [5.41, 5.74) is 5.22. The monoisotopic (exact) mass is 326 g/mol. The lowest BCUT2D eigenvalue weighted by molar-refractivity contribution is -0.140. The zero-order chi connectivity index (χ0) is 16.6. The van der Waals surface area contributed by atoms with E-state index in [0.717, 1.165) is 0 Å². The molecule has 0 aliphatic rings. The van der Waals surface area contributed by atoms with Gasteiger partial charge in [-0.05, 0) is 12.8 Å². The summed E-state index contributed by atoms with van der Waals surface area (Å²) in [6.45, 7) is 0.533. The van der Waals surface area contributed by atoms with Gasteiger partial charge in [0.2, 0.25) is 5.91 Å². The van der Waals surface area contributed by atoms with E-state index in [1.807, 2.05) is 0 Å². The molecule has 0 fully saturated rings. The minimum atomic E-state index is -4.34. The van der Waals surface area contributed by atoms with Gasteiger partial charge >= 0.3 is 19.5 Å². The number of carbonyl (C=O) groups excluding carboxylic acids is 1. The van der Waals surface area contributed by atoms with Crippen molar-refractivity contribution in [3.05, 3.63) is 0 Å². The van der Waals surface area contributed by atoms with Crippen LogP contribution in [0.1, 0.15) is 26.2 Å². The first kappa shape index (κ1) is 19.5. The van der Waals surface area contributed by atoms with E-state index < -0.39 is 43.9 Å². The summed E-state index contributed by atoms with van der Waals surface area (Å²) in [6, 6.07) is -1.21. The zero-order valence-corrected chi connectivity index (χ0v) is 12.3. The Balaban J connectivity index is 4.47. The Kier molecular flexibility index (Phi) is 8.11. The largest absolute Gasteiger partial charge is 0.480 e. The Hall–Kier alpha value is -1.48. The van der Waals surface area contributed by atoms with Crippen LogP contribution < -0.4 is 11.1 Å². The van der Waals surface area contributed by atoms with Crippen LogP contribution >= 0.6 is 7.60 Å². The van der Waals surface area contributed by atoms with Gasteiger partial charge in [0.25, 0.3) is 0 Å². The fourth-order valence-corrected chi connectivity index (χ4v) is 2.56. The molecule has 10 nitrogen and oxygen atoms in total. The molecule has 21 heavy (non-hydrogen) atoms. The van der Waals surface area contributed by atoms with Gasteiger partial charge in [-0.3, -0.25) is 18.7 Å². The second kappa shape index (κ2) is 8.73. The second-order valence-electron chi connectivity index (χ2n) is 4.21. The number of carboxylic acid groups (broad SMARTS) is 2. The molecule has 11 heteroatoms. The molecular formula is C10H19N2O8P. The predicted octanol–water partition coefficient (Wildman–Crippen LogP) is -0.683. The highest BCUT2D eigenvalue weighted by Crippen LogP contribution is 2.47. The number of hydrogen-bond acceptors (Lipinski definition) is 6. The van der Waals surface area contributed by atoms with E-state index >= 15 is 0 Å². The van der Waals surface area contributed by atoms with Crippen molar-refractivity contribution in [2.24, 2.45) is 5.73 Å². The molecule has 0 bridgehead atoms. The molecule has 0 heterocycles. The summed E-state index contributed by atoms with van der Waals surface area (Å²) in [6.07, 6.45) is -0.351. The average Bonchev–Trinajstić information content (AvgIpc) is 2.39. The van der Waals surface area contributed by atoms with Gasteiger partial charge in [0.1, 0.15) is 11.8 Å². The molecule has 0 saturated heterocycles. The van der Waals surface area contributed by atoms with Crippen molar-refractivity contribution < 1.29 is 38.6 Å². The van der Waals surface area contributed by atoms with E-state index in [-0.39, 0.29) is 19.3 Å². The highest BCUT2D eigenvalue weighted by molar-refractivity contribution is 7.53. The Morgan fingerprint density at radius 2 is 1.90 bits per heavy atom. The first-order valence-corrected chi connectivity index (χ1v) is 7.71. The van der Waals surface area contributed by atoms with Crippen LogP contribution in [0.15, 0.2) is 0 Å². The van der Waals surface area contributed by atoms with Crippen LogP contribution in [0.3, 0.4) is 0 Å². The van der Waals surface area contributed by atoms with Crippen molar-refractivity contribution in [3.63, 3.8) is 0 Å². The number of nitrogens with one attached hydrogen (secondary N) is 1. The molecule has 0 spiro atoms. The molecule has 3 atom stereocenters. The highest BCUT2D eigenvalue weighted by Gasteiger charge is 2.33. The van der Waals surface area contributed by atoms with Gasteiger partial charge in [0, 0.05) is 6.42 Å². The van der Waals surface area contributed by atoms with Gasteiger partial charge < -0.3 is 26.2 Å². The van der Waals surface area contributed by atoms with Gasteiger partial charge in [-0.1, -0.05) is 6.92 Å². The molecular weight excluding hydrogens is 307 g/mol. The summed E-state index contributed by atoms with van der Waals surface area (Å²) < 4.78 is 16.2. The third-order valence-corrected chi connectivity index (χ3v) is 4.26. The van der Waals surface area contributed by atoms with Gasteiger partial charge in [0.15, 0.2) is 6.61 Å². The van der Waals surface area contributed by atoms with E-state index in [1.165, 1.54) is 6.92 Å². The van der Waals surface area contributed by atoms with Crippen LogP contribution in [0, 0.1) is 0 Å². The van der Waals surface area contributed by atoms with E-state index in [9.17, 15) is 23.8 Å². The molecule has 0 rings (SSSR count). The van der Waals surface area contributed by atoms with E-state index in [1.54, 1.807) is 0 Å². The fraction of sp³-hybridized carbons (Fsp3) is 0.700. The van der Waals surface area contributed by atoms with Crippen molar-refractivity contribution in [2.75, 3.05) is 6.61 Å². The first-order chi connectivity index (χ1) is 9.60. The minimum absolute atomic E-state index is 0.0319. The summed E-state index contributed by atoms with van der Waals surface area (Å²) in [7, 11) is -4.34. The number of aliphatic carboxylic acids is 2. The molecule has 0 aromatic rings. The molecule has 2 unspecified atom stereocenters. The topological polar surface area (TPSA) is 176 Å². The molecule has 0 aliphatic carbocycles. The standard InChI is InChI=1S/C10H19N2O8P/c1-2-8(21(18,19)20-5-9(14)15)12-7(13)4-3-6(11)10(16)17/h6,8H,2-5,11H2,1H3,(H,12,13)(H,14,15)(H,16,17)(H,18,19)/t6-,8?/m0/s1. The fourth-order valence-electron chi connectivity index (χ4n) is 1.32. The van der Waals surface area contributed by atoms with E-state index in [4.69, 9.17) is 15.9 Å². The Bertz CT molecular complexity index is 441. The van der Waals surface area contributed by atoms with Gasteiger partial charge in [-0.25, -0.2) is 4.79 Å². The maximum Gasteiger partial charge on any atom is 0.350 e. The smallest absolute Gasteiger partial charge is 0.350 e. The van der Waals surface area contributed by atoms with Crippen LogP contribution in [-0.4, -0.2) is 51.4 Å². The lowest BCUT2D eigenvalue weighted by atomic mass is 10.1. The van der Waals surface area contributed by atoms with Gasteiger partial charge in [-0.2, -0.15) is 0 Å². The van der Waals surface area contributed by atoms with Gasteiger partial charge in [-0.15, -0.1) is 0 Å². The van der Waals surface area contributed by atoms with Crippen LogP contribution in [0.2, 0.25) is 0 Å². The Morgan fingerprint density at radius 1 is 1.33 bits per heavy atom. The quantitative estimate of drug-likeness (QED) is 0.325. The van der Waals surface area contributed by atoms with Crippen molar-refractivity contribution in [2.45, 2.75) is 38.0 Å². The number of nitrogens with two attached hydrogens (primary N) is 1. The molecule has 0 radical (unpaired) electrons. The third-order valence-electron chi connectivity index (χ3n) is 2.48. The van der Waals surface area contributed by atoms with Crippen LogP contribution in [-0.2, 0) is 23.5 Å². The van der Waals surface area contributed by atoms with Crippen molar-refractivity contribution in [1.82, 2.24) is 5.32 Å². The number of carbonyl (C=O) groups is 3. The lowest BCUT2D eigenvalue weighted by Gasteiger charge is -2.22. The van der Waals surface area contributed by atoms with Gasteiger partial charge in [0.05, 0.1) is 0 Å². The maximum atomic E-state index is 11.8. The molecule has 1 amide bonds. The predicted molar refractivity (Wildman–Crippen MR) is 70.5 cm³/mol. The number of amides is 1. The first-order valence-electron chi connectivity index (χ1n) is 6.06. The van der Waals surface area contributed by atoms with Crippen molar-refractivity contribution >= 4 is 25.4 Å². The lowest BCUT2D eigenvalue weighted by Crippen LogP contribution is -2.37. The minimum Gasteiger partial charge on any atom is -0.480 e. The van der Waals surface area contributed by atoms with Crippen molar-refractivity contribution in [1.29, 1.82) is 0 Å². The normalized spacial score (nSPS) is 16.5. The molecule has 0 aromatic heterocycles. The second-order valence-corrected chi connectivity index (χ2v) is 6.22. The summed E-state index contributed by atoms with van der Waals surface area (Å²) in [5.74, 6) is -4.62. The molecule has 0 aliphatic heterocycles. The average molecular weight is 326 g/mol. The molecule has 122 valence electrons. The summed E-state index contributed by atoms with van der Waals surface area (Å²) >= 11 is 0. The van der Waals surface area contributed by atoms with Crippen LogP contribution in [0.4, 0.5) is 0 Å². The van der Waals surface area contributed by atoms with Crippen LogP contribution in [0.5, 0.6) is 0 Å². The molecule has 0 saturated carbocycles.